The molecule has 1 N–H and O–H groups in total. The number of likely N-dealkylation sites (tertiary alicyclic amines) is 1. The van der Waals surface area contributed by atoms with Crippen molar-refractivity contribution in [1.82, 2.24) is 9.80 Å². The smallest absolute Gasteiger partial charge is 0.295 e. The fraction of sp³-hybridized carbons (Fsp3) is 0.417. The fourth-order valence-electron chi connectivity index (χ4n) is 4.29. The number of nitrogens with zero attached hydrogens (tertiary/aromatic N) is 2. The number of hydrogen-bond acceptors (Lipinski definition) is 6. The highest BCUT2D eigenvalue weighted by Crippen LogP contribution is 2.41. The van der Waals surface area contributed by atoms with Crippen LogP contribution in [0, 0.1) is 6.92 Å². The molecule has 0 spiro atoms. The van der Waals surface area contributed by atoms with Crippen LogP contribution < -0.4 is 4.74 Å². The summed E-state index contributed by atoms with van der Waals surface area (Å²) >= 11 is 0. The highest BCUT2D eigenvalue weighted by Gasteiger charge is 2.47. The molecule has 0 aliphatic carbocycles. The number of Topliss-reactive ketones (excluding diaryl/α,β-unsaturated/α-hetero) is 1. The molecule has 0 saturated carbocycles. The molecule has 1 amide bonds. The number of hydrogen-bond donors (Lipinski definition) is 1. The van der Waals surface area contributed by atoms with Gasteiger partial charge in [0, 0.05) is 18.5 Å². The molecule has 1 aromatic carbocycles. The monoisotopic (exact) mass is 424 g/mol. The molecule has 3 heterocycles. The highest BCUT2D eigenvalue weighted by molar-refractivity contribution is 6.46. The van der Waals surface area contributed by atoms with Crippen molar-refractivity contribution < 1.29 is 23.8 Å². The molecule has 4 rings (SSSR count). The Labute approximate surface area is 181 Å². The van der Waals surface area contributed by atoms with Gasteiger partial charge in [-0.2, -0.15) is 0 Å². The summed E-state index contributed by atoms with van der Waals surface area (Å²) in [7, 11) is 3.92. The minimum atomic E-state index is -0.751. The summed E-state index contributed by atoms with van der Waals surface area (Å²) in [4.78, 5) is 29.5. The number of ether oxygens (including phenoxy) is 1. The summed E-state index contributed by atoms with van der Waals surface area (Å²) in [5.74, 6) is 0.448. The molecule has 7 heteroatoms. The molecule has 2 aliphatic heterocycles. The van der Waals surface area contributed by atoms with Crippen LogP contribution >= 0.6 is 0 Å². The Kier molecular flexibility index (Phi) is 5.62. The van der Waals surface area contributed by atoms with E-state index in [9.17, 15) is 14.7 Å². The van der Waals surface area contributed by atoms with Crippen LogP contribution in [0.3, 0.4) is 0 Å². The van der Waals surface area contributed by atoms with Crippen molar-refractivity contribution in [1.29, 1.82) is 0 Å². The molecule has 0 unspecified atom stereocenters. The highest BCUT2D eigenvalue weighted by atomic mass is 16.5. The molecular formula is C24H28N2O5. The quantitative estimate of drug-likeness (QED) is 0.435. The zero-order valence-corrected chi connectivity index (χ0v) is 18.3. The van der Waals surface area contributed by atoms with E-state index in [0.717, 1.165) is 24.3 Å². The van der Waals surface area contributed by atoms with Crippen LogP contribution in [0.1, 0.15) is 42.0 Å². The Balaban J connectivity index is 1.76. The lowest BCUT2D eigenvalue weighted by Crippen LogP contribution is -2.32. The van der Waals surface area contributed by atoms with E-state index in [1.54, 1.807) is 24.3 Å². The van der Waals surface area contributed by atoms with E-state index in [1.165, 1.54) is 4.90 Å². The van der Waals surface area contributed by atoms with Crippen LogP contribution in [0.2, 0.25) is 0 Å². The van der Waals surface area contributed by atoms with Crippen molar-refractivity contribution in [2.24, 2.45) is 0 Å². The molecule has 1 fully saturated rings. The minimum Gasteiger partial charge on any atom is -0.507 e. The number of aliphatic hydroxyl groups is 1. The zero-order valence-electron chi connectivity index (χ0n) is 18.3. The molecule has 0 bridgehead atoms. The molecule has 7 nitrogen and oxygen atoms in total. The van der Waals surface area contributed by atoms with Crippen LogP contribution in [0.25, 0.3) is 5.76 Å². The maximum atomic E-state index is 13.0. The Morgan fingerprint density at radius 2 is 2.00 bits per heavy atom. The third-order valence-corrected chi connectivity index (χ3v) is 5.74. The van der Waals surface area contributed by atoms with Gasteiger partial charge in [-0.3, -0.25) is 9.59 Å². The summed E-state index contributed by atoms with van der Waals surface area (Å²) in [6.07, 6.45) is 1.50. The van der Waals surface area contributed by atoms with Gasteiger partial charge in [0.1, 0.15) is 35.2 Å². The summed E-state index contributed by atoms with van der Waals surface area (Å²) in [6.45, 7) is 4.96. The average molecular weight is 424 g/mol. The maximum absolute atomic E-state index is 13.0. The van der Waals surface area contributed by atoms with Gasteiger partial charge in [0.25, 0.3) is 11.7 Å². The van der Waals surface area contributed by atoms with Gasteiger partial charge in [-0.15, -0.1) is 0 Å². The van der Waals surface area contributed by atoms with E-state index in [4.69, 9.17) is 9.15 Å². The van der Waals surface area contributed by atoms with Crippen molar-refractivity contribution in [2.75, 3.05) is 27.2 Å². The molecule has 2 atom stereocenters. The third-order valence-electron chi connectivity index (χ3n) is 5.74. The standard InChI is InChI=1S/C24H28N2O5/c1-14-6-8-19(30-14)21-20(23(28)24(29)26(21)11-5-10-25(3)4)22(27)16-7-9-18-17(13-16)12-15(2)31-18/h6-9,13,15,21,27H,5,10-12H2,1-4H3/t15-,21+/m0/s1. The molecule has 164 valence electrons. The maximum Gasteiger partial charge on any atom is 0.295 e. The van der Waals surface area contributed by atoms with Crippen molar-refractivity contribution in [3.8, 4) is 5.75 Å². The second-order valence-corrected chi connectivity index (χ2v) is 8.55. The van der Waals surface area contributed by atoms with Crippen molar-refractivity contribution in [3.63, 3.8) is 0 Å². The normalized spacial score (nSPS) is 22.3. The Bertz CT molecular complexity index is 1050. The van der Waals surface area contributed by atoms with Crippen LogP contribution in [0.5, 0.6) is 5.75 Å². The molecule has 2 aromatic rings. The Hall–Kier alpha value is -3.06. The average Bonchev–Trinajstić information content (AvgIpc) is 3.37. The first-order chi connectivity index (χ1) is 14.8. The zero-order chi connectivity index (χ0) is 22.3. The molecule has 1 saturated heterocycles. The van der Waals surface area contributed by atoms with Gasteiger partial charge < -0.3 is 24.1 Å². The van der Waals surface area contributed by atoms with Gasteiger partial charge in [0.2, 0.25) is 0 Å². The second kappa shape index (κ2) is 8.23. The van der Waals surface area contributed by atoms with E-state index < -0.39 is 17.7 Å². The summed E-state index contributed by atoms with van der Waals surface area (Å²) in [5.41, 5.74) is 1.54. The predicted octanol–water partition coefficient (Wildman–Crippen LogP) is 3.28. The Morgan fingerprint density at radius 1 is 1.23 bits per heavy atom. The largest absolute Gasteiger partial charge is 0.507 e. The SMILES string of the molecule is Cc1ccc([C@@H]2C(=C(O)c3ccc4c(c3)C[C@H](C)O4)C(=O)C(=O)N2CCCN(C)C)o1. The van der Waals surface area contributed by atoms with Gasteiger partial charge in [0.15, 0.2) is 0 Å². The summed E-state index contributed by atoms with van der Waals surface area (Å²) in [5, 5.41) is 11.2. The van der Waals surface area contributed by atoms with Gasteiger partial charge in [-0.1, -0.05) is 0 Å². The van der Waals surface area contributed by atoms with Crippen LogP contribution in [-0.4, -0.2) is 59.9 Å². The number of carbonyl (C=O) groups is 2. The van der Waals surface area contributed by atoms with Gasteiger partial charge in [-0.05, 0) is 76.8 Å². The van der Waals surface area contributed by atoms with Gasteiger partial charge >= 0.3 is 0 Å². The lowest BCUT2D eigenvalue weighted by molar-refractivity contribution is -0.140. The summed E-state index contributed by atoms with van der Waals surface area (Å²) in [6, 6.07) is 8.15. The van der Waals surface area contributed by atoms with E-state index in [2.05, 4.69) is 0 Å². The number of fused-ring (bicyclic) bond motifs is 1. The third kappa shape index (κ3) is 3.97. The van der Waals surface area contributed by atoms with Crippen LogP contribution in [0.4, 0.5) is 0 Å². The molecule has 2 aliphatic rings. The van der Waals surface area contributed by atoms with Crippen LogP contribution in [-0.2, 0) is 16.0 Å². The Morgan fingerprint density at radius 3 is 2.68 bits per heavy atom. The first-order valence-corrected chi connectivity index (χ1v) is 10.6. The number of ketones is 1. The number of carbonyl (C=O) groups excluding carboxylic acids is 2. The topological polar surface area (TPSA) is 83.2 Å². The van der Waals surface area contributed by atoms with Crippen molar-refractivity contribution in [3.05, 3.63) is 58.6 Å². The molecule has 31 heavy (non-hydrogen) atoms. The first-order valence-electron chi connectivity index (χ1n) is 10.6. The number of furan rings is 1. The lowest BCUT2D eigenvalue weighted by Gasteiger charge is -2.24. The van der Waals surface area contributed by atoms with Crippen molar-refractivity contribution in [2.45, 2.75) is 38.8 Å². The van der Waals surface area contributed by atoms with E-state index >= 15 is 0 Å². The molecule has 0 radical (unpaired) electrons. The van der Waals surface area contributed by atoms with E-state index in [-0.39, 0.29) is 17.4 Å². The number of aliphatic hydroxyl groups excluding tert-OH is 1. The minimum absolute atomic E-state index is 0.0658. The van der Waals surface area contributed by atoms with Crippen molar-refractivity contribution >= 4 is 17.4 Å². The van der Waals surface area contributed by atoms with Gasteiger partial charge in [-0.25, -0.2) is 0 Å². The first kappa shape index (κ1) is 21.2. The van der Waals surface area contributed by atoms with Gasteiger partial charge in [0.05, 0.1) is 5.57 Å². The van der Waals surface area contributed by atoms with E-state index in [1.807, 2.05) is 38.9 Å². The summed E-state index contributed by atoms with van der Waals surface area (Å²) < 4.78 is 11.5. The number of aryl methyl sites for hydroxylation is 1. The lowest BCUT2D eigenvalue weighted by atomic mass is 9.97. The van der Waals surface area contributed by atoms with Crippen LogP contribution in [0.15, 0.2) is 40.3 Å². The number of amides is 1. The predicted molar refractivity (Wildman–Crippen MR) is 116 cm³/mol. The van der Waals surface area contributed by atoms with E-state index in [0.29, 0.717) is 30.0 Å². The number of rotatable bonds is 6. The number of benzene rings is 1. The molecular weight excluding hydrogens is 396 g/mol. The fourth-order valence-corrected chi connectivity index (χ4v) is 4.29. The second-order valence-electron chi connectivity index (χ2n) is 8.55. The molecule has 1 aromatic heterocycles.